The molecule has 1 atom stereocenters. The van der Waals surface area contributed by atoms with E-state index in [9.17, 15) is 9.59 Å². The van der Waals surface area contributed by atoms with Crippen molar-refractivity contribution < 1.29 is 18.7 Å². The summed E-state index contributed by atoms with van der Waals surface area (Å²) in [5.41, 5.74) is 1.12. The Hall–Kier alpha value is -1.53. The normalized spacial score (nSPS) is 12.3. The molecular weight excluding hydrogens is 302 g/mol. The monoisotopic (exact) mass is 313 g/mol. The number of ketones is 1. The summed E-state index contributed by atoms with van der Waals surface area (Å²) in [6.07, 6.45) is 0. The Bertz CT molecular complexity index is 655. The van der Waals surface area contributed by atoms with Crippen molar-refractivity contribution >= 4 is 46.2 Å². The first-order valence-electron chi connectivity index (χ1n) is 5.91. The van der Waals surface area contributed by atoms with E-state index in [1.807, 2.05) is 0 Å². The fourth-order valence-corrected chi connectivity index (χ4v) is 2.53. The molecule has 0 aliphatic heterocycles. The molecule has 0 fully saturated rings. The minimum absolute atomic E-state index is 0.215. The topological polar surface area (TPSA) is 69.4 Å². The number of thioether (sulfide) groups is 1. The molecule has 7 heteroatoms. The van der Waals surface area contributed by atoms with Crippen molar-refractivity contribution in [2.75, 3.05) is 6.61 Å². The van der Waals surface area contributed by atoms with Gasteiger partial charge in [-0.15, -0.1) is 0 Å². The van der Waals surface area contributed by atoms with Gasteiger partial charge >= 0.3 is 5.97 Å². The number of hydrogen-bond donors (Lipinski definition) is 0. The number of carbonyl (C=O) groups is 2. The van der Waals surface area contributed by atoms with Crippen molar-refractivity contribution in [3.8, 4) is 0 Å². The summed E-state index contributed by atoms with van der Waals surface area (Å²) in [5.74, 6) is -0.904. The molecular formula is C13H12ClNO4S. The third-order valence-corrected chi connectivity index (χ3v) is 3.79. The SMILES string of the molecule is CCOC(=O)C(Sc1nc2cc(Cl)ccc2o1)C(C)=O. The molecule has 1 unspecified atom stereocenters. The third kappa shape index (κ3) is 3.32. The van der Waals surface area contributed by atoms with Crippen molar-refractivity contribution in [2.45, 2.75) is 24.3 Å². The van der Waals surface area contributed by atoms with E-state index in [0.29, 0.717) is 16.1 Å². The van der Waals surface area contributed by atoms with E-state index in [2.05, 4.69) is 4.98 Å². The fraction of sp³-hybridized carbons (Fsp3) is 0.308. The van der Waals surface area contributed by atoms with Crippen LogP contribution in [0.25, 0.3) is 11.1 Å². The van der Waals surface area contributed by atoms with Gasteiger partial charge in [0.1, 0.15) is 5.52 Å². The highest BCUT2D eigenvalue weighted by atomic mass is 35.5. The Morgan fingerprint density at radius 3 is 2.90 bits per heavy atom. The minimum Gasteiger partial charge on any atom is -0.465 e. The van der Waals surface area contributed by atoms with Crippen molar-refractivity contribution in [2.24, 2.45) is 0 Å². The summed E-state index contributed by atoms with van der Waals surface area (Å²) < 4.78 is 10.3. The summed E-state index contributed by atoms with van der Waals surface area (Å²) in [4.78, 5) is 27.4. The van der Waals surface area contributed by atoms with Crippen LogP contribution in [0.5, 0.6) is 0 Å². The van der Waals surface area contributed by atoms with E-state index in [1.165, 1.54) is 6.92 Å². The van der Waals surface area contributed by atoms with E-state index in [0.717, 1.165) is 11.8 Å². The van der Waals surface area contributed by atoms with Crippen LogP contribution in [0.3, 0.4) is 0 Å². The lowest BCUT2D eigenvalue weighted by molar-refractivity contribution is -0.144. The summed E-state index contributed by atoms with van der Waals surface area (Å²) in [5, 5.41) is -0.204. The van der Waals surface area contributed by atoms with Crippen LogP contribution < -0.4 is 0 Å². The molecule has 0 bridgehead atoms. The number of fused-ring (bicyclic) bond motifs is 1. The number of ether oxygens (including phenoxy) is 1. The molecule has 5 nitrogen and oxygen atoms in total. The lowest BCUT2D eigenvalue weighted by Crippen LogP contribution is -2.27. The number of nitrogens with zero attached hydrogens (tertiary/aromatic N) is 1. The van der Waals surface area contributed by atoms with E-state index >= 15 is 0 Å². The first kappa shape index (κ1) is 14.9. The molecule has 1 aromatic carbocycles. The number of benzene rings is 1. The van der Waals surface area contributed by atoms with Crippen LogP contribution in [0.1, 0.15) is 13.8 Å². The predicted octanol–water partition coefficient (Wildman–Crippen LogP) is 3.09. The molecule has 0 aliphatic rings. The standard InChI is InChI=1S/C13H12ClNO4S/c1-3-18-12(17)11(7(2)16)20-13-15-9-6-8(14)4-5-10(9)19-13/h4-6,11H,3H2,1-2H3. The number of rotatable bonds is 5. The Labute approximate surface area is 124 Å². The van der Waals surface area contributed by atoms with Crippen LogP contribution in [-0.4, -0.2) is 28.6 Å². The molecule has 1 heterocycles. The van der Waals surface area contributed by atoms with Gasteiger partial charge in [-0.05, 0) is 43.8 Å². The summed E-state index contributed by atoms with van der Waals surface area (Å²) in [6, 6.07) is 5.01. The number of halogens is 1. The van der Waals surface area contributed by atoms with Gasteiger partial charge in [0.15, 0.2) is 16.6 Å². The van der Waals surface area contributed by atoms with Gasteiger partial charge in [0.05, 0.1) is 6.61 Å². The first-order chi connectivity index (χ1) is 9.51. The van der Waals surface area contributed by atoms with Crippen LogP contribution in [0.2, 0.25) is 5.02 Å². The summed E-state index contributed by atoms with van der Waals surface area (Å²) in [6.45, 7) is 3.22. The maximum Gasteiger partial charge on any atom is 0.327 e. The van der Waals surface area contributed by atoms with Crippen LogP contribution >= 0.6 is 23.4 Å². The van der Waals surface area contributed by atoms with E-state index in [1.54, 1.807) is 25.1 Å². The van der Waals surface area contributed by atoms with Gasteiger partial charge in [0.25, 0.3) is 5.22 Å². The second kappa shape index (κ2) is 6.28. The largest absolute Gasteiger partial charge is 0.465 e. The molecule has 106 valence electrons. The second-order valence-electron chi connectivity index (χ2n) is 3.95. The number of esters is 1. The van der Waals surface area contributed by atoms with E-state index in [-0.39, 0.29) is 17.6 Å². The smallest absolute Gasteiger partial charge is 0.327 e. The molecule has 0 saturated carbocycles. The van der Waals surface area contributed by atoms with Crippen molar-refractivity contribution in [3.05, 3.63) is 23.2 Å². The zero-order chi connectivity index (χ0) is 14.7. The first-order valence-corrected chi connectivity index (χ1v) is 7.17. The molecule has 1 aromatic heterocycles. The maximum atomic E-state index is 11.7. The van der Waals surface area contributed by atoms with Crippen LogP contribution in [0, 0.1) is 0 Å². The number of aromatic nitrogens is 1. The quantitative estimate of drug-likeness (QED) is 0.480. The number of Topliss-reactive ketones (excluding diaryl/α,β-unsaturated/α-hetero) is 1. The molecule has 0 saturated heterocycles. The van der Waals surface area contributed by atoms with Gasteiger partial charge in [-0.2, -0.15) is 0 Å². The van der Waals surface area contributed by atoms with Crippen LogP contribution in [0.15, 0.2) is 27.8 Å². The van der Waals surface area contributed by atoms with Crippen LogP contribution in [-0.2, 0) is 14.3 Å². The zero-order valence-electron chi connectivity index (χ0n) is 10.9. The Balaban J connectivity index is 2.24. The molecule has 0 spiro atoms. The van der Waals surface area contributed by atoms with Crippen molar-refractivity contribution in [1.82, 2.24) is 4.98 Å². The highest BCUT2D eigenvalue weighted by Crippen LogP contribution is 2.29. The second-order valence-corrected chi connectivity index (χ2v) is 5.45. The van der Waals surface area contributed by atoms with E-state index in [4.69, 9.17) is 20.8 Å². The molecule has 20 heavy (non-hydrogen) atoms. The Morgan fingerprint density at radius 2 is 2.25 bits per heavy atom. The van der Waals surface area contributed by atoms with Gasteiger partial charge in [-0.1, -0.05) is 11.6 Å². The summed E-state index contributed by atoms with van der Waals surface area (Å²) >= 11 is 6.79. The number of carbonyl (C=O) groups excluding carboxylic acids is 2. The number of hydrogen-bond acceptors (Lipinski definition) is 6. The van der Waals surface area contributed by atoms with Gasteiger partial charge < -0.3 is 9.15 Å². The average molecular weight is 314 g/mol. The Morgan fingerprint density at radius 1 is 1.50 bits per heavy atom. The molecule has 2 aromatic rings. The van der Waals surface area contributed by atoms with Crippen LogP contribution in [0.4, 0.5) is 0 Å². The van der Waals surface area contributed by atoms with Gasteiger partial charge in [-0.3, -0.25) is 9.59 Å². The van der Waals surface area contributed by atoms with Gasteiger partial charge in [-0.25, -0.2) is 4.98 Å². The maximum absolute atomic E-state index is 11.7. The highest BCUT2D eigenvalue weighted by Gasteiger charge is 2.28. The van der Waals surface area contributed by atoms with Gasteiger partial charge in [0.2, 0.25) is 0 Å². The Kier molecular flexibility index (Phi) is 4.67. The average Bonchev–Trinajstić information content (AvgIpc) is 2.77. The molecule has 2 rings (SSSR count). The van der Waals surface area contributed by atoms with Crippen molar-refractivity contribution in [1.29, 1.82) is 0 Å². The highest BCUT2D eigenvalue weighted by molar-refractivity contribution is 8.01. The molecule has 0 aliphatic carbocycles. The lowest BCUT2D eigenvalue weighted by Gasteiger charge is -2.09. The number of oxazole rings is 1. The molecule has 0 N–H and O–H groups in total. The molecule has 0 amide bonds. The van der Waals surface area contributed by atoms with Crippen molar-refractivity contribution in [3.63, 3.8) is 0 Å². The minimum atomic E-state index is -0.974. The lowest BCUT2D eigenvalue weighted by atomic mass is 10.3. The molecule has 0 radical (unpaired) electrons. The summed E-state index contributed by atoms with van der Waals surface area (Å²) in [7, 11) is 0. The predicted molar refractivity (Wildman–Crippen MR) is 76.0 cm³/mol. The zero-order valence-corrected chi connectivity index (χ0v) is 12.5. The fourth-order valence-electron chi connectivity index (χ4n) is 1.55. The third-order valence-electron chi connectivity index (χ3n) is 2.42. The van der Waals surface area contributed by atoms with Gasteiger partial charge in [0, 0.05) is 5.02 Å². The van der Waals surface area contributed by atoms with E-state index < -0.39 is 11.2 Å².